The number of nitrogens with zero attached hydrogens (tertiary/aromatic N) is 3. The molecule has 112 valence electrons. The van der Waals surface area contributed by atoms with Gasteiger partial charge in [-0.1, -0.05) is 12.2 Å². The fraction of sp³-hybridized carbons (Fsp3) is 0.133. The number of H-pyrrole nitrogens is 1. The van der Waals surface area contributed by atoms with E-state index >= 15 is 0 Å². The summed E-state index contributed by atoms with van der Waals surface area (Å²) in [6.07, 6.45) is 7.84. The van der Waals surface area contributed by atoms with Gasteiger partial charge in [0.2, 0.25) is 5.95 Å². The van der Waals surface area contributed by atoms with E-state index < -0.39 is 0 Å². The first kappa shape index (κ1) is 14.0. The molecule has 7 heteroatoms. The zero-order chi connectivity index (χ0) is 15.4. The van der Waals surface area contributed by atoms with Crippen molar-refractivity contribution in [2.24, 2.45) is 0 Å². The molecular weight excluding hydrogens is 280 g/mol. The number of benzene rings is 1. The van der Waals surface area contributed by atoms with Crippen LogP contribution in [0.25, 0.3) is 17.0 Å². The molecule has 22 heavy (non-hydrogen) atoms. The molecule has 0 spiro atoms. The maximum Gasteiger partial charge on any atom is 0.221 e. The van der Waals surface area contributed by atoms with E-state index in [1.807, 2.05) is 24.3 Å². The van der Waals surface area contributed by atoms with Gasteiger partial charge < -0.3 is 16.2 Å². The average Bonchev–Trinajstić information content (AvgIpc) is 2.96. The lowest BCUT2D eigenvalue weighted by molar-refractivity contribution is 0.303. The van der Waals surface area contributed by atoms with Crippen LogP contribution in [0.5, 0.6) is 0 Å². The van der Waals surface area contributed by atoms with Crippen LogP contribution in [-0.4, -0.2) is 31.9 Å². The van der Waals surface area contributed by atoms with Crippen molar-refractivity contribution in [2.75, 3.05) is 17.7 Å². The molecule has 0 saturated heterocycles. The van der Waals surface area contributed by atoms with Gasteiger partial charge in [-0.25, -0.2) is 4.98 Å². The van der Waals surface area contributed by atoms with E-state index in [-0.39, 0.29) is 12.6 Å². The number of aromatic nitrogens is 4. The minimum Gasteiger partial charge on any atom is -0.396 e. The third kappa shape index (κ3) is 3.04. The third-order valence-electron chi connectivity index (χ3n) is 3.12. The van der Waals surface area contributed by atoms with Gasteiger partial charge in [0.1, 0.15) is 5.82 Å². The Bertz CT molecular complexity index is 811. The maximum absolute atomic E-state index is 8.88. The third-order valence-corrected chi connectivity index (χ3v) is 3.12. The molecule has 0 aliphatic carbocycles. The Morgan fingerprint density at radius 1 is 1.36 bits per heavy atom. The first-order chi connectivity index (χ1) is 10.8. The van der Waals surface area contributed by atoms with E-state index in [0.717, 1.165) is 22.2 Å². The van der Waals surface area contributed by atoms with Gasteiger partial charge in [0.25, 0.3) is 0 Å². The zero-order valence-corrected chi connectivity index (χ0v) is 11.8. The van der Waals surface area contributed by atoms with Crippen LogP contribution in [0.4, 0.5) is 17.5 Å². The number of nitrogens with two attached hydrogens (primary N) is 1. The van der Waals surface area contributed by atoms with Gasteiger partial charge in [-0.05, 0) is 24.6 Å². The molecule has 0 aliphatic heterocycles. The number of aliphatic hydroxyl groups excluding tert-OH is 1. The largest absolute Gasteiger partial charge is 0.396 e. The summed E-state index contributed by atoms with van der Waals surface area (Å²) < 4.78 is 0. The lowest BCUT2D eigenvalue weighted by Gasteiger charge is -2.07. The van der Waals surface area contributed by atoms with Gasteiger partial charge in [0.15, 0.2) is 0 Å². The fourth-order valence-corrected chi connectivity index (χ4v) is 2.16. The van der Waals surface area contributed by atoms with Crippen LogP contribution in [0.15, 0.2) is 36.7 Å². The molecule has 3 rings (SSSR count). The zero-order valence-electron chi connectivity index (χ0n) is 11.8. The normalized spacial score (nSPS) is 11.3. The van der Waals surface area contributed by atoms with Crippen molar-refractivity contribution in [1.29, 1.82) is 0 Å². The second-order valence-corrected chi connectivity index (χ2v) is 4.74. The topological polar surface area (TPSA) is 113 Å². The van der Waals surface area contributed by atoms with Crippen LogP contribution in [0.1, 0.15) is 12.0 Å². The monoisotopic (exact) mass is 296 g/mol. The van der Waals surface area contributed by atoms with Crippen LogP contribution < -0.4 is 11.1 Å². The summed E-state index contributed by atoms with van der Waals surface area (Å²) in [5, 5.41) is 20.1. The molecule has 0 saturated carbocycles. The van der Waals surface area contributed by atoms with Crippen LogP contribution in [-0.2, 0) is 0 Å². The number of anilines is 3. The van der Waals surface area contributed by atoms with E-state index in [4.69, 9.17) is 10.8 Å². The number of fused-ring (bicyclic) bond motifs is 1. The van der Waals surface area contributed by atoms with Crippen LogP contribution in [0.3, 0.4) is 0 Å². The second kappa shape index (κ2) is 6.23. The highest BCUT2D eigenvalue weighted by Crippen LogP contribution is 2.25. The molecule has 7 nitrogen and oxygen atoms in total. The average molecular weight is 296 g/mol. The highest BCUT2D eigenvalue weighted by atomic mass is 16.2. The number of nitrogens with one attached hydrogen (secondary N) is 2. The summed E-state index contributed by atoms with van der Waals surface area (Å²) in [7, 11) is 0. The van der Waals surface area contributed by atoms with Gasteiger partial charge in [-0.15, -0.1) is 0 Å². The molecule has 5 N–H and O–H groups in total. The molecule has 3 aromatic rings. The summed E-state index contributed by atoms with van der Waals surface area (Å²) in [4.78, 5) is 7.99. The molecule has 0 radical (unpaired) electrons. The summed E-state index contributed by atoms with van der Waals surface area (Å²) in [6.45, 7) is 0.126. The molecule has 2 heterocycles. The van der Waals surface area contributed by atoms with Crippen LogP contribution in [0.2, 0.25) is 0 Å². The Labute approximate surface area is 126 Å². The van der Waals surface area contributed by atoms with Gasteiger partial charge in [-0.3, -0.25) is 5.10 Å². The van der Waals surface area contributed by atoms with Crippen molar-refractivity contribution in [3.8, 4) is 0 Å². The lowest BCUT2D eigenvalue weighted by Crippen LogP contribution is -1.99. The van der Waals surface area contributed by atoms with Crippen molar-refractivity contribution in [2.45, 2.75) is 6.42 Å². The number of nitrogen functional groups attached to an aromatic ring is 1. The van der Waals surface area contributed by atoms with Crippen molar-refractivity contribution in [3.05, 3.63) is 42.2 Å². The molecule has 0 amide bonds. The van der Waals surface area contributed by atoms with E-state index in [9.17, 15) is 0 Å². The Hall–Kier alpha value is -2.93. The predicted octanol–water partition coefficient (Wildman–Crippen LogP) is 2.07. The van der Waals surface area contributed by atoms with Gasteiger partial charge in [0, 0.05) is 29.4 Å². The molecule has 0 aliphatic rings. The Morgan fingerprint density at radius 2 is 2.27 bits per heavy atom. The van der Waals surface area contributed by atoms with E-state index in [0.29, 0.717) is 12.2 Å². The quantitative estimate of drug-likeness (QED) is 0.573. The minimum atomic E-state index is 0.126. The van der Waals surface area contributed by atoms with E-state index in [2.05, 4.69) is 25.5 Å². The standard InChI is InChI=1S/C15H16N6O/c16-15-17-5-4-13(20-15)19-12-7-10(3-1-2-6-22)14-11(8-12)9-18-21-14/h1,3-5,7-9,22H,2,6H2,(H,18,21)(H3,16,17,19,20)/b3-1+. The summed E-state index contributed by atoms with van der Waals surface area (Å²) >= 11 is 0. The van der Waals surface area contributed by atoms with Gasteiger partial charge >= 0.3 is 0 Å². The SMILES string of the molecule is Nc1nccc(Nc2cc(/C=C/CCO)c3[nH]ncc3c2)n1. The summed E-state index contributed by atoms with van der Waals surface area (Å²) in [5.41, 5.74) is 8.38. The molecule has 0 fully saturated rings. The summed E-state index contributed by atoms with van der Waals surface area (Å²) in [6, 6.07) is 5.70. The minimum absolute atomic E-state index is 0.126. The molecule has 0 bridgehead atoms. The van der Waals surface area contributed by atoms with Crippen molar-refractivity contribution >= 4 is 34.4 Å². The smallest absolute Gasteiger partial charge is 0.221 e. The number of hydrogen-bond acceptors (Lipinski definition) is 6. The lowest BCUT2D eigenvalue weighted by atomic mass is 10.1. The highest BCUT2D eigenvalue weighted by Gasteiger charge is 2.05. The van der Waals surface area contributed by atoms with Crippen LogP contribution >= 0.6 is 0 Å². The Kier molecular flexibility index (Phi) is 3.97. The molecule has 0 atom stereocenters. The predicted molar refractivity (Wildman–Crippen MR) is 86.6 cm³/mol. The molecule has 2 aromatic heterocycles. The second-order valence-electron chi connectivity index (χ2n) is 4.74. The van der Waals surface area contributed by atoms with Crippen molar-refractivity contribution in [3.63, 3.8) is 0 Å². The van der Waals surface area contributed by atoms with Crippen LogP contribution in [0, 0.1) is 0 Å². The summed E-state index contributed by atoms with van der Waals surface area (Å²) in [5.74, 6) is 0.845. The number of rotatable bonds is 5. The van der Waals surface area contributed by atoms with Crippen molar-refractivity contribution in [1.82, 2.24) is 20.2 Å². The Morgan fingerprint density at radius 3 is 3.09 bits per heavy atom. The first-order valence-corrected chi connectivity index (χ1v) is 6.86. The Balaban J connectivity index is 1.96. The molecule has 1 aromatic carbocycles. The van der Waals surface area contributed by atoms with E-state index in [1.165, 1.54) is 0 Å². The first-order valence-electron chi connectivity index (χ1n) is 6.86. The van der Waals surface area contributed by atoms with Gasteiger partial charge in [-0.2, -0.15) is 10.1 Å². The van der Waals surface area contributed by atoms with Crippen molar-refractivity contribution < 1.29 is 5.11 Å². The molecular formula is C15H16N6O. The highest BCUT2D eigenvalue weighted by molar-refractivity contribution is 5.90. The van der Waals surface area contributed by atoms with Gasteiger partial charge in [0.05, 0.1) is 11.7 Å². The number of aromatic amines is 1. The fourth-order valence-electron chi connectivity index (χ4n) is 2.16. The maximum atomic E-state index is 8.88. The molecule has 0 unspecified atom stereocenters. The number of hydrogen-bond donors (Lipinski definition) is 4. The van der Waals surface area contributed by atoms with E-state index in [1.54, 1.807) is 18.5 Å². The number of aliphatic hydroxyl groups is 1.